The van der Waals surface area contributed by atoms with E-state index in [2.05, 4.69) is 0 Å². The van der Waals surface area contributed by atoms with Crippen LogP contribution in [0.4, 0.5) is 5.82 Å². The van der Waals surface area contributed by atoms with Crippen molar-refractivity contribution in [3.05, 3.63) is 75.5 Å². The molecule has 1 atom stereocenters. The zero-order valence-corrected chi connectivity index (χ0v) is 12.3. The summed E-state index contributed by atoms with van der Waals surface area (Å²) in [6.07, 6.45) is 0. The van der Waals surface area contributed by atoms with Crippen LogP contribution in [0.1, 0.15) is 18.5 Å². The first-order valence-corrected chi connectivity index (χ1v) is 7.11. The molecule has 0 saturated carbocycles. The fourth-order valence-electron chi connectivity index (χ4n) is 2.61. The first kappa shape index (κ1) is 13.7. The van der Waals surface area contributed by atoms with Gasteiger partial charge in [-0.1, -0.05) is 41.9 Å². The standard InChI is InChI=1S/C17H15ClN2O/c1-11(12-6-4-7-14(18)9-12)20-16(19)10-13-5-2-3-8-15(13)17(20)21/h2-11H,19H2,1H3. The van der Waals surface area contributed by atoms with Gasteiger partial charge >= 0.3 is 0 Å². The van der Waals surface area contributed by atoms with Gasteiger partial charge in [-0.25, -0.2) is 0 Å². The van der Waals surface area contributed by atoms with Crippen molar-refractivity contribution in [3.8, 4) is 0 Å². The third kappa shape index (κ3) is 2.41. The van der Waals surface area contributed by atoms with Gasteiger partial charge in [0.25, 0.3) is 5.56 Å². The van der Waals surface area contributed by atoms with Crippen molar-refractivity contribution in [2.24, 2.45) is 0 Å². The van der Waals surface area contributed by atoms with E-state index in [0.29, 0.717) is 16.2 Å². The predicted octanol–water partition coefficient (Wildman–Crippen LogP) is 3.85. The molecule has 106 valence electrons. The molecule has 0 saturated heterocycles. The van der Waals surface area contributed by atoms with Crippen LogP contribution in [0, 0.1) is 0 Å². The van der Waals surface area contributed by atoms with Crippen LogP contribution < -0.4 is 11.3 Å². The lowest BCUT2D eigenvalue weighted by Crippen LogP contribution is -2.26. The van der Waals surface area contributed by atoms with Gasteiger partial charge in [0.2, 0.25) is 0 Å². The second-order valence-electron chi connectivity index (χ2n) is 5.06. The first-order chi connectivity index (χ1) is 10.1. The first-order valence-electron chi connectivity index (χ1n) is 6.73. The van der Waals surface area contributed by atoms with Crippen molar-refractivity contribution in [3.63, 3.8) is 0 Å². The Bertz CT molecular complexity index is 870. The van der Waals surface area contributed by atoms with Gasteiger partial charge in [-0.15, -0.1) is 0 Å². The summed E-state index contributed by atoms with van der Waals surface area (Å²) in [6.45, 7) is 1.94. The Morgan fingerprint density at radius 1 is 1.10 bits per heavy atom. The summed E-state index contributed by atoms with van der Waals surface area (Å²) >= 11 is 6.03. The highest BCUT2D eigenvalue weighted by molar-refractivity contribution is 6.30. The summed E-state index contributed by atoms with van der Waals surface area (Å²) in [5, 5.41) is 2.17. The normalized spacial score (nSPS) is 12.5. The van der Waals surface area contributed by atoms with Crippen LogP contribution >= 0.6 is 11.6 Å². The number of rotatable bonds is 2. The van der Waals surface area contributed by atoms with Crippen LogP contribution in [-0.2, 0) is 0 Å². The number of aromatic nitrogens is 1. The van der Waals surface area contributed by atoms with Crippen molar-refractivity contribution >= 4 is 28.2 Å². The number of hydrogen-bond acceptors (Lipinski definition) is 2. The molecule has 0 bridgehead atoms. The third-order valence-corrected chi connectivity index (χ3v) is 3.95. The van der Waals surface area contributed by atoms with Gasteiger partial charge in [-0.05, 0) is 42.1 Å². The molecule has 3 aromatic rings. The van der Waals surface area contributed by atoms with E-state index in [-0.39, 0.29) is 11.6 Å². The third-order valence-electron chi connectivity index (χ3n) is 3.71. The molecule has 0 amide bonds. The molecule has 3 nitrogen and oxygen atoms in total. The molecule has 2 aromatic carbocycles. The molecular weight excluding hydrogens is 284 g/mol. The van der Waals surface area contributed by atoms with Gasteiger partial charge in [0.1, 0.15) is 5.82 Å². The highest BCUT2D eigenvalue weighted by Gasteiger charge is 2.14. The zero-order chi connectivity index (χ0) is 15.0. The topological polar surface area (TPSA) is 48.0 Å². The summed E-state index contributed by atoms with van der Waals surface area (Å²) < 4.78 is 1.61. The second kappa shape index (κ2) is 5.26. The number of halogens is 1. The average molecular weight is 299 g/mol. The Morgan fingerprint density at radius 3 is 2.62 bits per heavy atom. The van der Waals surface area contributed by atoms with Gasteiger partial charge in [-0.3, -0.25) is 9.36 Å². The van der Waals surface area contributed by atoms with E-state index >= 15 is 0 Å². The van der Waals surface area contributed by atoms with E-state index in [1.807, 2.05) is 61.5 Å². The highest BCUT2D eigenvalue weighted by atomic mass is 35.5. The lowest BCUT2D eigenvalue weighted by molar-refractivity contribution is 0.629. The zero-order valence-electron chi connectivity index (χ0n) is 11.6. The number of nitrogens with two attached hydrogens (primary N) is 1. The number of benzene rings is 2. The van der Waals surface area contributed by atoms with Gasteiger partial charge in [0.15, 0.2) is 0 Å². The molecule has 1 heterocycles. The Morgan fingerprint density at radius 2 is 1.86 bits per heavy atom. The SMILES string of the molecule is CC(c1cccc(Cl)c1)n1c(N)cc2ccccc2c1=O. The van der Waals surface area contributed by atoms with Gasteiger partial charge < -0.3 is 5.73 Å². The molecule has 1 aromatic heterocycles. The molecule has 1 unspecified atom stereocenters. The van der Waals surface area contributed by atoms with E-state index in [0.717, 1.165) is 10.9 Å². The van der Waals surface area contributed by atoms with Crippen molar-refractivity contribution in [1.29, 1.82) is 0 Å². The van der Waals surface area contributed by atoms with Crippen LogP contribution in [0.15, 0.2) is 59.4 Å². The van der Waals surface area contributed by atoms with Crippen LogP contribution in [0.3, 0.4) is 0 Å². The minimum Gasteiger partial charge on any atom is -0.385 e. The molecule has 4 heteroatoms. The van der Waals surface area contributed by atoms with Gasteiger partial charge in [0.05, 0.1) is 6.04 Å². The van der Waals surface area contributed by atoms with Gasteiger partial charge in [0, 0.05) is 10.4 Å². The lowest BCUT2D eigenvalue weighted by Gasteiger charge is -2.19. The summed E-state index contributed by atoms with van der Waals surface area (Å²) in [6, 6.07) is 16.6. The Labute approximate surface area is 127 Å². The Hall–Kier alpha value is -2.26. The molecule has 0 radical (unpaired) electrons. The van der Waals surface area contributed by atoms with Crippen molar-refractivity contribution in [2.45, 2.75) is 13.0 Å². The number of nitrogens with zero attached hydrogens (tertiary/aromatic N) is 1. The van der Waals surface area contributed by atoms with E-state index in [1.165, 1.54) is 0 Å². The number of pyridine rings is 1. The summed E-state index contributed by atoms with van der Waals surface area (Å²) in [5.74, 6) is 0.450. The molecule has 0 fully saturated rings. The minimum atomic E-state index is -0.180. The number of fused-ring (bicyclic) bond motifs is 1. The largest absolute Gasteiger partial charge is 0.385 e. The predicted molar refractivity (Wildman–Crippen MR) is 87.9 cm³/mol. The minimum absolute atomic E-state index is 0.0851. The molecule has 0 aliphatic rings. The Kier molecular flexibility index (Phi) is 3.43. The molecule has 21 heavy (non-hydrogen) atoms. The van der Waals surface area contributed by atoms with E-state index in [1.54, 1.807) is 4.57 Å². The summed E-state index contributed by atoms with van der Waals surface area (Å²) in [5.41, 5.74) is 6.96. The van der Waals surface area contributed by atoms with E-state index < -0.39 is 0 Å². The Balaban J connectivity index is 2.22. The molecule has 0 spiro atoms. The molecular formula is C17H15ClN2O. The van der Waals surface area contributed by atoms with Crippen LogP contribution in [0.2, 0.25) is 5.02 Å². The van der Waals surface area contributed by atoms with Crippen LogP contribution in [0.5, 0.6) is 0 Å². The van der Waals surface area contributed by atoms with E-state index in [9.17, 15) is 4.79 Å². The lowest BCUT2D eigenvalue weighted by atomic mass is 10.1. The molecule has 0 aliphatic carbocycles. The van der Waals surface area contributed by atoms with Crippen LogP contribution in [-0.4, -0.2) is 4.57 Å². The maximum Gasteiger partial charge on any atom is 0.260 e. The average Bonchev–Trinajstić information content (AvgIpc) is 2.47. The van der Waals surface area contributed by atoms with Crippen molar-refractivity contribution in [2.75, 3.05) is 5.73 Å². The van der Waals surface area contributed by atoms with Crippen molar-refractivity contribution in [1.82, 2.24) is 4.57 Å². The monoisotopic (exact) mass is 298 g/mol. The highest BCUT2D eigenvalue weighted by Crippen LogP contribution is 2.24. The quantitative estimate of drug-likeness (QED) is 0.781. The molecule has 3 rings (SSSR count). The smallest absolute Gasteiger partial charge is 0.260 e. The maximum absolute atomic E-state index is 12.7. The second-order valence-corrected chi connectivity index (χ2v) is 5.50. The fourth-order valence-corrected chi connectivity index (χ4v) is 2.81. The van der Waals surface area contributed by atoms with Crippen molar-refractivity contribution < 1.29 is 0 Å². The van der Waals surface area contributed by atoms with Crippen LogP contribution in [0.25, 0.3) is 10.8 Å². The van der Waals surface area contributed by atoms with E-state index in [4.69, 9.17) is 17.3 Å². The summed E-state index contributed by atoms with van der Waals surface area (Å²) in [4.78, 5) is 12.7. The molecule has 0 aliphatic heterocycles. The molecule has 2 N–H and O–H groups in total. The maximum atomic E-state index is 12.7. The number of anilines is 1. The number of nitrogen functional groups attached to an aromatic ring is 1. The van der Waals surface area contributed by atoms with Gasteiger partial charge in [-0.2, -0.15) is 0 Å². The summed E-state index contributed by atoms with van der Waals surface area (Å²) in [7, 11) is 0. The number of hydrogen-bond donors (Lipinski definition) is 1. The fraction of sp³-hybridized carbons (Fsp3) is 0.118.